The average molecular weight is 545 g/mol. The first-order chi connectivity index (χ1) is 17.5. The molecule has 0 spiro atoms. The van der Waals surface area contributed by atoms with Gasteiger partial charge in [0, 0.05) is 12.0 Å². The highest BCUT2D eigenvalue weighted by Crippen LogP contribution is 2.41. The lowest BCUT2D eigenvalue weighted by molar-refractivity contribution is -0.120. The Balaban J connectivity index is 1.67. The van der Waals surface area contributed by atoms with E-state index in [1.165, 1.54) is 25.3 Å². The summed E-state index contributed by atoms with van der Waals surface area (Å²) >= 11 is 6.31. The first-order valence-electron chi connectivity index (χ1n) is 11.6. The van der Waals surface area contributed by atoms with E-state index in [2.05, 4.69) is 5.32 Å². The van der Waals surface area contributed by atoms with Crippen molar-refractivity contribution < 1.29 is 27.4 Å². The molecular weight excluding hydrogens is 516 g/mol. The van der Waals surface area contributed by atoms with Crippen molar-refractivity contribution in [1.29, 1.82) is 0 Å². The van der Waals surface area contributed by atoms with E-state index in [-0.39, 0.29) is 15.6 Å². The lowest BCUT2D eigenvalue weighted by Gasteiger charge is -2.38. The van der Waals surface area contributed by atoms with E-state index in [1.807, 2.05) is 19.9 Å². The zero-order valence-electron chi connectivity index (χ0n) is 21.0. The van der Waals surface area contributed by atoms with Gasteiger partial charge in [-0.3, -0.25) is 9.10 Å². The molecule has 3 aromatic rings. The van der Waals surface area contributed by atoms with Crippen molar-refractivity contribution >= 4 is 33.2 Å². The Hall–Kier alpha value is -3.43. The second kappa shape index (κ2) is 10.5. The van der Waals surface area contributed by atoms with Crippen LogP contribution in [-0.4, -0.2) is 40.7 Å². The molecule has 0 bridgehead atoms. The average Bonchev–Trinajstić information content (AvgIpc) is 2.87. The number of anilines is 1. The summed E-state index contributed by atoms with van der Waals surface area (Å²) in [7, 11) is -1.06. The Labute approximate surface area is 222 Å². The number of halogens is 1. The van der Waals surface area contributed by atoms with Crippen LogP contribution in [0.25, 0.3) is 0 Å². The Kier molecular flexibility index (Phi) is 7.57. The van der Waals surface area contributed by atoms with Crippen LogP contribution < -0.4 is 23.8 Å². The van der Waals surface area contributed by atoms with Crippen LogP contribution in [0.5, 0.6) is 17.2 Å². The Bertz CT molecular complexity index is 1400. The van der Waals surface area contributed by atoms with E-state index < -0.39 is 34.1 Å². The summed E-state index contributed by atoms with van der Waals surface area (Å²) in [5.41, 5.74) is 0.454. The van der Waals surface area contributed by atoms with Gasteiger partial charge in [0.1, 0.15) is 29.4 Å². The lowest BCUT2D eigenvalue weighted by Crippen LogP contribution is -2.45. The number of methoxy groups -OCH3 is 2. The molecule has 1 aliphatic rings. The zero-order chi connectivity index (χ0) is 26.8. The van der Waals surface area contributed by atoms with Crippen molar-refractivity contribution in [1.82, 2.24) is 5.32 Å². The number of nitrogens with one attached hydrogen (secondary N) is 1. The molecule has 0 aliphatic carbocycles. The van der Waals surface area contributed by atoms with Gasteiger partial charge in [-0.25, -0.2) is 8.42 Å². The van der Waals surface area contributed by atoms with E-state index in [1.54, 1.807) is 49.6 Å². The van der Waals surface area contributed by atoms with Crippen molar-refractivity contribution in [3.8, 4) is 17.2 Å². The number of rotatable bonds is 8. The molecule has 0 saturated heterocycles. The van der Waals surface area contributed by atoms with Crippen LogP contribution in [0, 0.1) is 0 Å². The minimum absolute atomic E-state index is 0.0528. The van der Waals surface area contributed by atoms with Gasteiger partial charge in [-0.05, 0) is 62.4 Å². The molecule has 8 nitrogen and oxygen atoms in total. The number of sulfonamides is 1. The molecule has 3 aromatic carbocycles. The van der Waals surface area contributed by atoms with Crippen molar-refractivity contribution in [3.63, 3.8) is 0 Å². The first-order valence-corrected chi connectivity index (χ1v) is 13.4. The van der Waals surface area contributed by atoms with Gasteiger partial charge in [-0.1, -0.05) is 29.8 Å². The van der Waals surface area contributed by atoms with Crippen LogP contribution in [-0.2, 0) is 14.8 Å². The first kappa shape index (κ1) is 26.6. The fourth-order valence-corrected chi connectivity index (χ4v) is 5.99. The number of nitrogens with zero attached hydrogens (tertiary/aromatic N) is 1. The molecular formula is C27H29ClN2O6S. The third-order valence-corrected chi connectivity index (χ3v) is 8.13. The monoisotopic (exact) mass is 544 g/mol. The van der Waals surface area contributed by atoms with Crippen LogP contribution in [0.4, 0.5) is 5.69 Å². The number of ether oxygens (including phenoxy) is 3. The SMILES string of the molecule is COc1ccc2c(c1)C(NC(=O)CN(c1ccc(OC)c(Cl)c1)S(=O)(=O)c1ccccc1)CC(C)(C)O2. The minimum Gasteiger partial charge on any atom is -0.497 e. The minimum atomic E-state index is -4.09. The van der Waals surface area contributed by atoms with E-state index in [0.717, 1.165) is 9.87 Å². The van der Waals surface area contributed by atoms with Gasteiger partial charge in [-0.15, -0.1) is 0 Å². The Morgan fingerprint density at radius 1 is 1.08 bits per heavy atom. The number of amides is 1. The van der Waals surface area contributed by atoms with Crippen molar-refractivity contribution in [2.45, 2.75) is 36.8 Å². The van der Waals surface area contributed by atoms with Gasteiger partial charge in [0.25, 0.3) is 10.0 Å². The maximum atomic E-state index is 13.6. The molecule has 10 heteroatoms. The molecule has 1 heterocycles. The quantitative estimate of drug-likeness (QED) is 0.430. The highest BCUT2D eigenvalue weighted by atomic mass is 35.5. The van der Waals surface area contributed by atoms with Crippen LogP contribution >= 0.6 is 11.6 Å². The molecule has 0 radical (unpaired) electrons. The summed E-state index contributed by atoms with van der Waals surface area (Å²) in [6.07, 6.45) is 0.485. The lowest BCUT2D eigenvalue weighted by atomic mass is 9.89. The number of carbonyl (C=O) groups is 1. The largest absolute Gasteiger partial charge is 0.497 e. The van der Waals surface area contributed by atoms with E-state index in [0.29, 0.717) is 23.7 Å². The molecule has 37 heavy (non-hydrogen) atoms. The number of carbonyl (C=O) groups excluding carboxylic acids is 1. The van der Waals surface area contributed by atoms with Crippen LogP contribution in [0.15, 0.2) is 71.6 Å². The summed E-state index contributed by atoms with van der Waals surface area (Å²) in [4.78, 5) is 13.5. The van der Waals surface area contributed by atoms with Gasteiger partial charge < -0.3 is 19.5 Å². The normalized spacial score (nSPS) is 16.2. The van der Waals surface area contributed by atoms with Gasteiger partial charge in [0.15, 0.2) is 0 Å². The topological polar surface area (TPSA) is 94.2 Å². The molecule has 196 valence electrons. The maximum absolute atomic E-state index is 13.6. The predicted octanol–water partition coefficient (Wildman–Crippen LogP) is 4.97. The fourth-order valence-electron chi connectivity index (χ4n) is 4.30. The number of hydrogen-bond donors (Lipinski definition) is 1. The molecule has 0 aromatic heterocycles. The van der Waals surface area contributed by atoms with Gasteiger partial charge in [0.05, 0.1) is 35.9 Å². The summed E-state index contributed by atoms with van der Waals surface area (Å²) in [5, 5.41) is 3.23. The molecule has 1 N–H and O–H groups in total. The van der Waals surface area contributed by atoms with Gasteiger partial charge in [-0.2, -0.15) is 0 Å². The Morgan fingerprint density at radius 2 is 1.81 bits per heavy atom. The smallest absolute Gasteiger partial charge is 0.264 e. The number of fused-ring (bicyclic) bond motifs is 1. The highest BCUT2D eigenvalue weighted by molar-refractivity contribution is 7.92. The van der Waals surface area contributed by atoms with Crippen LogP contribution in [0.2, 0.25) is 5.02 Å². The van der Waals surface area contributed by atoms with Gasteiger partial charge >= 0.3 is 0 Å². The second-order valence-corrected chi connectivity index (χ2v) is 11.5. The molecule has 1 amide bonds. The number of hydrogen-bond acceptors (Lipinski definition) is 6. The Morgan fingerprint density at radius 3 is 2.46 bits per heavy atom. The van der Waals surface area contributed by atoms with Crippen LogP contribution in [0.3, 0.4) is 0 Å². The predicted molar refractivity (Wildman–Crippen MR) is 142 cm³/mol. The standard InChI is InChI=1S/C27H29ClN2O6S/c1-27(2)16-23(21-15-19(34-3)11-13-24(21)36-27)29-26(31)17-30(18-10-12-25(35-4)22(28)14-18)37(32,33)20-8-6-5-7-9-20/h5-15,23H,16-17H2,1-4H3,(H,29,31). The molecule has 0 fully saturated rings. The zero-order valence-corrected chi connectivity index (χ0v) is 22.6. The third kappa shape index (κ3) is 5.78. The summed E-state index contributed by atoms with van der Waals surface area (Å²) in [6, 6.07) is 17.5. The van der Waals surface area contributed by atoms with E-state index in [4.69, 9.17) is 25.8 Å². The highest BCUT2D eigenvalue weighted by Gasteiger charge is 2.36. The van der Waals surface area contributed by atoms with E-state index in [9.17, 15) is 13.2 Å². The van der Waals surface area contributed by atoms with Gasteiger partial charge in [0.2, 0.25) is 5.91 Å². The summed E-state index contributed by atoms with van der Waals surface area (Å²) in [5.74, 6) is 1.17. The fraction of sp³-hybridized carbons (Fsp3) is 0.296. The summed E-state index contributed by atoms with van der Waals surface area (Å²) in [6.45, 7) is 3.41. The summed E-state index contributed by atoms with van der Waals surface area (Å²) < 4.78 is 45.0. The second-order valence-electron chi connectivity index (χ2n) is 9.23. The van der Waals surface area contributed by atoms with Crippen molar-refractivity contribution in [2.75, 3.05) is 25.1 Å². The van der Waals surface area contributed by atoms with Crippen molar-refractivity contribution in [3.05, 3.63) is 77.3 Å². The molecule has 0 saturated carbocycles. The van der Waals surface area contributed by atoms with E-state index >= 15 is 0 Å². The molecule has 1 aliphatic heterocycles. The molecule has 4 rings (SSSR count). The molecule has 1 unspecified atom stereocenters. The van der Waals surface area contributed by atoms with Crippen LogP contribution in [0.1, 0.15) is 31.9 Å². The third-order valence-electron chi connectivity index (χ3n) is 6.05. The van der Waals surface area contributed by atoms with Crippen molar-refractivity contribution in [2.24, 2.45) is 0 Å². The molecule has 1 atom stereocenters. The number of benzene rings is 3. The maximum Gasteiger partial charge on any atom is 0.264 e.